The number of nitrogens with zero attached hydrogens (tertiary/aromatic N) is 1. The molecule has 0 fully saturated rings. The van der Waals surface area contributed by atoms with Crippen molar-refractivity contribution in [2.45, 2.75) is 49.2 Å². The van der Waals surface area contributed by atoms with E-state index in [0.717, 1.165) is 10.8 Å². The molecule has 0 unspecified atom stereocenters. The van der Waals surface area contributed by atoms with E-state index in [2.05, 4.69) is 5.32 Å². The fourth-order valence-corrected chi connectivity index (χ4v) is 5.06. The Labute approximate surface area is 235 Å². The normalized spacial score (nSPS) is 13.3. The van der Waals surface area contributed by atoms with Crippen molar-refractivity contribution in [1.29, 1.82) is 0 Å². The first kappa shape index (κ1) is 32.9. The first-order valence-electron chi connectivity index (χ1n) is 12.0. The molecule has 1 heterocycles. The average Bonchev–Trinajstić information content (AvgIpc) is 3.24. The number of alkyl halides is 6. The van der Waals surface area contributed by atoms with Crippen LogP contribution in [0.1, 0.15) is 36.8 Å². The molecule has 0 spiro atoms. The zero-order valence-electron chi connectivity index (χ0n) is 22.6. The van der Waals surface area contributed by atoms with Gasteiger partial charge in [0.2, 0.25) is 0 Å². The zero-order valence-corrected chi connectivity index (χ0v) is 23.4. The van der Waals surface area contributed by atoms with E-state index in [-0.39, 0.29) is 39.4 Å². The number of nitrogens with one attached hydrogen (secondary N) is 1. The standard InChI is InChI=1S/C26H26F6N2O7S/c1-23(2,3)41-22(36)34-14-15-13-18(42(38,39)12-11-40-4)9-10-19(15)20(34)21(35)33-17-7-5-16(6-8-17)24(37,25(27,28)29)26(30,31)32/h5-10,13-14,37H,11-12H2,1-4H3,(H,33,35). The second kappa shape index (κ2) is 11.2. The number of ether oxygens (including phenoxy) is 2. The van der Waals surface area contributed by atoms with E-state index < -0.39 is 51.0 Å². The summed E-state index contributed by atoms with van der Waals surface area (Å²) >= 11 is 0. The number of rotatable bonds is 7. The van der Waals surface area contributed by atoms with Crippen molar-refractivity contribution < 1.29 is 58.9 Å². The molecule has 0 aliphatic carbocycles. The van der Waals surface area contributed by atoms with Crippen molar-refractivity contribution in [2.75, 3.05) is 24.8 Å². The van der Waals surface area contributed by atoms with Crippen LogP contribution in [0.3, 0.4) is 0 Å². The summed E-state index contributed by atoms with van der Waals surface area (Å²) in [7, 11) is -2.48. The van der Waals surface area contributed by atoms with Gasteiger partial charge >= 0.3 is 18.4 Å². The lowest BCUT2D eigenvalue weighted by Crippen LogP contribution is -2.53. The highest BCUT2D eigenvalue weighted by Crippen LogP contribution is 2.50. The van der Waals surface area contributed by atoms with Crippen molar-refractivity contribution >= 4 is 38.3 Å². The van der Waals surface area contributed by atoms with Gasteiger partial charge in [-0.05, 0) is 45.0 Å². The van der Waals surface area contributed by atoms with Crippen LogP contribution in [0.2, 0.25) is 0 Å². The van der Waals surface area contributed by atoms with E-state index in [1.807, 2.05) is 0 Å². The molecule has 0 bridgehead atoms. The molecule has 2 aromatic carbocycles. The van der Waals surface area contributed by atoms with Gasteiger partial charge in [0.25, 0.3) is 11.5 Å². The zero-order chi connectivity index (χ0) is 31.9. The fourth-order valence-electron chi connectivity index (χ4n) is 3.86. The van der Waals surface area contributed by atoms with E-state index in [4.69, 9.17) is 9.47 Å². The molecule has 42 heavy (non-hydrogen) atoms. The maximum absolute atomic E-state index is 13.3. The lowest BCUT2D eigenvalue weighted by molar-refractivity contribution is -0.376. The number of halogens is 6. The van der Waals surface area contributed by atoms with Gasteiger partial charge < -0.3 is 19.9 Å². The monoisotopic (exact) mass is 624 g/mol. The number of aromatic nitrogens is 1. The van der Waals surface area contributed by atoms with Crippen molar-refractivity contribution in [3.05, 3.63) is 59.9 Å². The van der Waals surface area contributed by atoms with Gasteiger partial charge in [0.15, 0.2) is 9.84 Å². The second-order valence-corrected chi connectivity index (χ2v) is 12.2. The minimum absolute atomic E-state index is 0.0872. The van der Waals surface area contributed by atoms with E-state index in [0.29, 0.717) is 24.3 Å². The van der Waals surface area contributed by atoms with E-state index in [1.165, 1.54) is 25.3 Å². The average molecular weight is 625 g/mol. The third-order valence-corrected chi connectivity index (χ3v) is 7.57. The van der Waals surface area contributed by atoms with Crippen LogP contribution in [-0.2, 0) is 24.9 Å². The third kappa shape index (κ3) is 6.55. The van der Waals surface area contributed by atoms with E-state index >= 15 is 0 Å². The molecule has 16 heteroatoms. The van der Waals surface area contributed by atoms with Crippen LogP contribution in [0.25, 0.3) is 10.8 Å². The number of carbonyl (C=O) groups is 2. The van der Waals surface area contributed by atoms with Crippen LogP contribution in [0.4, 0.5) is 36.8 Å². The predicted molar refractivity (Wildman–Crippen MR) is 138 cm³/mol. The maximum atomic E-state index is 13.3. The highest BCUT2D eigenvalue weighted by molar-refractivity contribution is 7.91. The lowest BCUT2D eigenvalue weighted by atomic mass is 9.92. The summed E-state index contributed by atoms with van der Waals surface area (Å²) in [5, 5.41) is 12.1. The number of benzene rings is 2. The molecule has 0 saturated carbocycles. The Morgan fingerprint density at radius 1 is 0.952 bits per heavy atom. The number of methoxy groups -OCH3 is 1. The number of hydrogen-bond acceptors (Lipinski definition) is 7. The smallest absolute Gasteiger partial charge is 0.430 e. The number of carbonyl (C=O) groups excluding carboxylic acids is 2. The highest BCUT2D eigenvalue weighted by Gasteiger charge is 2.71. The summed E-state index contributed by atoms with van der Waals surface area (Å²) in [6, 6.07) is 5.80. The summed E-state index contributed by atoms with van der Waals surface area (Å²) in [5.41, 5.74) is -8.35. The molecular formula is C26H26F6N2O7S. The molecule has 0 saturated heterocycles. The van der Waals surface area contributed by atoms with Gasteiger partial charge in [0, 0.05) is 35.3 Å². The molecule has 1 amide bonds. The minimum Gasteiger partial charge on any atom is -0.443 e. The Hall–Kier alpha value is -3.63. The molecule has 3 aromatic rings. The Balaban J connectivity index is 2.06. The lowest BCUT2D eigenvalue weighted by Gasteiger charge is -2.32. The Kier molecular flexibility index (Phi) is 8.78. The number of hydrogen-bond donors (Lipinski definition) is 2. The molecule has 1 aromatic heterocycles. The minimum atomic E-state index is -6.10. The largest absolute Gasteiger partial charge is 0.443 e. The topological polar surface area (TPSA) is 124 Å². The quantitative estimate of drug-likeness (QED) is 0.337. The number of amides is 1. The van der Waals surface area contributed by atoms with Crippen LogP contribution in [0, 0.1) is 0 Å². The molecule has 3 rings (SSSR count). The molecule has 9 nitrogen and oxygen atoms in total. The van der Waals surface area contributed by atoms with Crippen LogP contribution >= 0.6 is 0 Å². The summed E-state index contributed by atoms with van der Waals surface area (Å²) in [4.78, 5) is 26.2. The first-order chi connectivity index (χ1) is 19.1. The van der Waals surface area contributed by atoms with Crippen LogP contribution < -0.4 is 5.32 Å². The number of anilines is 1. The number of fused-ring (bicyclic) bond motifs is 1. The van der Waals surface area contributed by atoms with Gasteiger partial charge in [-0.3, -0.25) is 4.79 Å². The Morgan fingerprint density at radius 3 is 2.02 bits per heavy atom. The number of aliphatic hydroxyl groups is 1. The SMILES string of the molecule is COCCS(=O)(=O)c1ccc2c(C(=O)Nc3ccc(C(O)(C(F)(F)F)C(F)(F)F)cc3)n(C(=O)OC(C)(C)C)cc2c1. The van der Waals surface area contributed by atoms with Crippen molar-refractivity contribution in [1.82, 2.24) is 4.57 Å². The third-order valence-electron chi connectivity index (χ3n) is 5.89. The van der Waals surface area contributed by atoms with Crippen molar-refractivity contribution in [2.24, 2.45) is 0 Å². The summed E-state index contributed by atoms with van der Waals surface area (Å²) in [5.74, 6) is -1.37. The van der Waals surface area contributed by atoms with Crippen LogP contribution in [-0.4, -0.2) is 67.5 Å². The Bertz CT molecular complexity index is 1570. The summed E-state index contributed by atoms with van der Waals surface area (Å²) in [6.45, 7) is 4.58. The first-order valence-corrected chi connectivity index (χ1v) is 13.7. The molecule has 0 atom stereocenters. The molecule has 0 radical (unpaired) electrons. The van der Waals surface area contributed by atoms with Crippen LogP contribution in [0.15, 0.2) is 53.6 Å². The van der Waals surface area contributed by atoms with Gasteiger partial charge in [-0.25, -0.2) is 17.8 Å². The fraction of sp³-hybridized carbons (Fsp3) is 0.385. The molecule has 230 valence electrons. The Morgan fingerprint density at radius 2 is 1.52 bits per heavy atom. The summed E-state index contributed by atoms with van der Waals surface area (Å²) < 4.78 is 115. The second-order valence-electron chi connectivity index (χ2n) is 10.1. The van der Waals surface area contributed by atoms with E-state index in [9.17, 15) is 49.5 Å². The van der Waals surface area contributed by atoms with Crippen LogP contribution in [0.5, 0.6) is 0 Å². The van der Waals surface area contributed by atoms with Crippen molar-refractivity contribution in [3.8, 4) is 0 Å². The molecule has 0 aliphatic heterocycles. The van der Waals surface area contributed by atoms with E-state index in [1.54, 1.807) is 20.8 Å². The van der Waals surface area contributed by atoms with Crippen molar-refractivity contribution in [3.63, 3.8) is 0 Å². The van der Waals surface area contributed by atoms with Gasteiger partial charge in [-0.1, -0.05) is 18.2 Å². The summed E-state index contributed by atoms with van der Waals surface area (Å²) in [6.07, 6.45) is -12.1. The molecule has 2 N–H and O–H groups in total. The van der Waals surface area contributed by atoms with Gasteiger partial charge in [-0.15, -0.1) is 0 Å². The van der Waals surface area contributed by atoms with Gasteiger partial charge in [0.05, 0.1) is 17.3 Å². The molecular weight excluding hydrogens is 598 g/mol. The van der Waals surface area contributed by atoms with Gasteiger partial charge in [0.1, 0.15) is 11.3 Å². The van der Waals surface area contributed by atoms with Gasteiger partial charge in [-0.2, -0.15) is 26.3 Å². The molecule has 0 aliphatic rings. The number of sulfone groups is 1. The predicted octanol–water partition coefficient (Wildman–Crippen LogP) is 5.41. The highest BCUT2D eigenvalue weighted by atomic mass is 32.2. The maximum Gasteiger partial charge on any atom is 0.430 e.